The number of hydrogen-bond acceptors (Lipinski definition) is 3. The van der Waals surface area contributed by atoms with Gasteiger partial charge in [0.05, 0.1) is 18.6 Å². The minimum atomic E-state index is -0.913. The molecule has 0 aliphatic heterocycles. The minimum Gasteiger partial charge on any atom is -0.386 e. The molecule has 2 atom stereocenters. The van der Waals surface area contributed by atoms with E-state index in [0.717, 1.165) is 12.8 Å². The second-order valence-corrected chi connectivity index (χ2v) is 3.55. The molecule has 1 N–H and O–H groups in total. The zero-order chi connectivity index (χ0) is 9.19. The van der Waals surface area contributed by atoms with Crippen LogP contribution in [-0.2, 0) is 4.74 Å². The van der Waals surface area contributed by atoms with Gasteiger partial charge in [-0.15, -0.1) is 0 Å². The first-order valence-electron chi connectivity index (χ1n) is 4.26. The lowest BCUT2D eigenvalue weighted by molar-refractivity contribution is -0.0711. The summed E-state index contributed by atoms with van der Waals surface area (Å²) in [5.41, 5.74) is -0.913. The lowest BCUT2D eigenvalue weighted by Gasteiger charge is -2.29. The second-order valence-electron chi connectivity index (χ2n) is 3.55. The predicted octanol–water partition coefficient (Wildman–Crippen LogP) is 0.934. The Morgan fingerprint density at radius 3 is 2.67 bits per heavy atom. The SMILES string of the molecule is COCC(O)(C(C)C#N)C1CC1. The van der Waals surface area contributed by atoms with Crippen LogP contribution >= 0.6 is 0 Å². The summed E-state index contributed by atoms with van der Waals surface area (Å²) in [5, 5.41) is 18.8. The fraction of sp³-hybridized carbons (Fsp3) is 0.889. The van der Waals surface area contributed by atoms with Gasteiger partial charge in [-0.25, -0.2) is 0 Å². The predicted molar refractivity (Wildman–Crippen MR) is 44.3 cm³/mol. The number of ether oxygens (including phenoxy) is 1. The van der Waals surface area contributed by atoms with Crippen molar-refractivity contribution in [2.45, 2.75) is 25.4 Å². The van der Waals surface area contributed by atoms with Gasteiger partial charge in [-0.05, 0) is 25.7 Å². The molecule has 1 aliphatic carbocycles. The number of nitriles is 1. The van der Waals surface area contributed by atoms with E-state index in [9.17, 15) is 5.11 Å². The van der Waals surface area contributed by atoms with E-state index in [1.807, 2.05) is 0 Å². The smallest absolute Gasteiger partial charge is 0.106 e. The Kier molecular flexibility index (Phi) is 2.71. The molecule has 0 aromatic carbocycles. The third-order valence-electron chi connectivity index (χ3n) is 2.60. The number of nitrogens with zero attached hydrogens (tertiary/aromatic N) is 1. The van der Waals surface area contributed by atoms with Crippen molar-refractivity contribution < 1.29 is 9.84 Å². The molecule has 68 valence electrons. The van der Waals surface area contributed by atoms with Gasteiger partial charge in [0.1, 0.15) is 5.60 Å². The summed E-state index contributed by atoms with van der Waals surface area (Å²) in [6.45, 7) is 2.02. The number of methoxy groups -OCH3 is 1. The van der Waals surface area contributed by atoms with Crippen molar-refractivity contribution in [1.82, 2.24) is 0 Å². The first-order chi connectivity index (χ1) is 5.65. The van der Waals surface area contributed by atoms with E-state index in [-0.39, 0.29) is 18.4 Å². The second kappa shape index (κ2) is 3.42. The Balaban J connectivity index is 2.64. The van der Waals surface area contributed by atoms with Crippen LogP contribution in [0.3, 0.4) is 0 Å². The van der Waals surface area contributed by atoms with E-state index in [1.165, 1.54) is 0 Å². The molecule has 0 aromatic heterocycles. The quantitative estimate of drug-likeness (QED) is 0.681. The summed E-state index contributed by atoms with van der Waals surface area (Å²) in [7, 11) is 1.55. The maximum atomic E-state index is 10.1. The molecule has 3 heteroatoms. The highest BCUT2D eigenvalue weighted by atomic mass is 16.5. The molecular weight excluding hydrogens is 154 g/mol. The van der Waals surface area contributed by atoms with Gasteiger partial charge in [0.15, 0.2) is 0 Å². The van der Waals surface area contributed by atoms with E-state index in [2.05, 4.69) is 6.07 Å². The average molecular weight is 169 g/mol. The molecule has 0 heterocycles. The molecule has 1 saturated carbocycles. The van der Waals surface area contributed by atoms with E-state index < -0.39 is 5.60 Å². The molecule has 12 heavy (non-hydrogen) atoms. The highest BCUT2D eigenvalue weighted by molar-refractivity contribution is 5.04. The van der Waals surface area contributed by atoms with Crippen LogP contribution in [0.2, 0.25) is 0 Å². The largest absolute Gasteiger partial charge is 0.386 e. The topological polar surface area (TPSA) is 53.2 Å². The summed E-state index contributed by atoms with van der Waals surface area (Å²) in [4.78, 5) is 0. The van der Waals surface area contributed by atoms with Gasteiger partial charge < -0.3 is 9.84 Å². The Morgan fingerprint density at radius 1 is 1.75 bits per heavy atom. The first kappa shape index (κ1) is 9.50. The summed E-state index contributed by atoms with van der Waals surface area (Å²) in [6.07, 6.45) is 2.04. The maximum absolute atomic E-state index is 10.1. The third kappa shape index (κ3) is 1.60. The molecule has 1 fully saturated rings. The highest BCUT2D eigenvalue weighted by Crippen LogP contribution is 2.43. The van der Waals surface area contributed by atoms with Crippen LogP contribution in [0.4, 0.5) is 0 Å². The molecule has 0 spiro atoms. The van der Waals surface area contributed by atoms with Gasteiger partial charge in [-0.3, -0.25) is 0 Å². The Morgan fingerprint density at radius 2 is 2.33 bits per heavy atom. The minimum absolute atomic E-state index is 0.270. The summed E-state index contributed by atoms with van der Waals surface area (Å²) >= 11 is 0. The molecule has 0 amide bonds. The monoisotopic (exact) mass is 169 g/mol. The molecular formula is C9H15NO2. The van der Waals surface area contributed by atoms with Crippen molar-refractivity contribution in [2.75, 3.05) is 13.7 Å². The summed E-state index contributed by atoms with van der Waals surface area (Å²) in [6, 6.07) is 2.08. The van der Waals surface area contributed by atoms with Crippen LogP contribution in [0.5, 0.6) is 0 Å². The lowest BCUT2D eigenvalue weighted by atomic mass is 9.86. The van der Waals surface area contributed by atoms with Gasteiger partial charge in [-0.1, -0.05) is 0 Å². The van der Waals surface area contributed by atoms with Gasteiger partial charge in [0, 0.05) is 7.11 Å². The molecule has 1 aliphatic rings. The molecule has 3 nitrogen and oxygen atoms in total. The van der Waals surface area contributed by atoms with E-state index in [4.69, 9.17) is 10.00 Å². The van der Waals surface area contributed by atoms with Crippen molar-refractivity contribution in [3.8, 4) is 6.07 Å². The van der Waals surface area contributed by atoms with Gasteiger partial charge >= 0.3 is 0 Å². The van der Waals surface area contributed by atoms with Crippen LogP contribution in [0.25, 0.3) is 0 Å². The van der Waals surface area contributed by atoms with E-state index in [0.29, 0.717) is 0 Å². The zero-order valence-corrected chi connectivity index (χ0v) is 7.58. The molecule has 0 saturated heterocycles. The lowest BCUT2D eigenvalue weighted by Crippen LogP contribution is -2.42. The Hall–Kier alpha value is -0.590. The van der Waals surface area contributed by atoms with Crippen LogP contribution in [0.15, 0.2) is 0 Å². The van der Waals surface area contributed by atoms with Crippen LogP contribution < -0.4 is 0 Å². The molecule has 0 radical (unpaired) electrons. The van der Waals surface area contributed by atoms with Crippen LogP contribution in [0, 0.1) is 23.2 Å². The fourth-order valence-corrected chi connectivity index (χ4v) is 1.52. The molecule has 2 unspecified atom stereocenters. The molecule has 0 aromatic rings. The number of rotatable bonds is 4. The van der Waals surface area contributed by atoms with Gasteiger partial charge in [-0.2, -0.15) is 5.26 Å². The van der Waals surface area contributed by atoms with Crippen molar-refractivity contribution in [3.63, 3.8) is 0 Å². The summed E-state index contributed by atoms with van der Waals surface area (Å²) < 4.78 is 4.93. The van der Waals surface area contributed by atoms with Gasteiger partial charge in [0.25, 0.3) is 0 Å². The van der Waals surface area contributed by atoms with E-state index >= 15 is 0 Å². The summed E-state index contributed by atoms with van der Waals surface area (Å²) in [5.74, 6) is -0.0722. The van der Waals surface area contributed by atoms with Crippen molar-refractivity contribution in [3.05, 3.63) is 0 Å². The maximum Gasteiger partial charge on any atom is 0.106 e. The standard InChI is InChI=1S/C9H15NO2/c1-7(5-10)9(11,6-12-2)8-3-4-8/h7-8,11H,3-4,6H2,1-2H3. The first-order valence-corrected chi connectivity index (χ1v) is 4.26. The average Bonchev–Trinajstić information content (AvgIpc) is 2.85. The van der Waals surface area contributed by atoms with Crippen molar-refractivity contribution in [2.24, 2.45) is 11.8 Å². The van der Waals surface area contributed by atoms with Crippen LogP contribution in [-0.4, -0.2) is 24.4 Å². The zero-order valence-electron chi connectivity index (χ0n) is 7.58. The highest BCUT2D eigenvalue weighted by Gasteiger charge is 2.47. The Bertz CT molecular complexity index is 195. The van der Waals surface area contributed by atoms with E-state index in [1.54, 1.807) is 14.0 Å². The van der Waals surface area contributed by atoms with Crippen LogP contribution in [0.1, 0.15) is 19.8 Å². The van der Waals surface area contributed by atoms with Crippen molar-refractivity contribution in [1.29, 1.82) is 5.26 Å². The number of hydrogen-bond donors (Lipinski definition) is 1. The van der Waals surface area contributed by atoms with Crippen molar-refractivity contribution >= 4 is 0 Å². The van der Waals surface area contributed by atoms with Gasteiger partial charge in [0.2, 0.25) is 0 Å². The fourth-order valence-electron chi connectivity index (χ4n) is 1.52. The molecule has 0 bridgehead atoms. The third-order valence-corrected chi connectivity index (χ3v) is 2.60. The normalized spacial score (nSPS) is 24.2. The molecule has 1 rings (SSSR count). The number of aliphatic hydroxyl groups is 1. The Labute approximate surface area is 73.0 Å².